The molecule has 2 N–H and O–H groups in total. The van der Waals surface area contributed by atoms with Crippen molar-refractivity contribution < 1.29 is 0 Å². The number of aryl methyl sites for hydroxylation is 1. The van der Waals surface area contributed by atoms with Gasteiger partial charge in [0, 0.05) is 18.6 Å². The maximum Gasteiger partial charge on any atom is 0.222 e. The first kappa shape index (κ1) is 9.14. The van der Waals surface area contributed by atoms with Gasteiger partial charge in [-0.05, 0) is 22.9 Å². The maximum absolute atomic E-state index is 5.51. The summed E-state index contributed by atoms with van der Waals surface area (Å²) in [6.45, 7) is 1.89. The molecular formula is C8H8BrN5. The minimum absolute atomic E-state index is 0.247. The third-order valence-electron chi connectivity index (χ3n) is 1.80. The summed E-state index contributed by atoms with van der Waals surface area (Å²) in [6.07, 6.45) is 5.15. The van der Waals surface area contributed by atoms with Gasteiger partial charge in [-0.3, -0.25) is 4.57 Å². The molecule has 0 aromatic carbocycles. The lowest BCUT2D eigenvalue weighted by molar-refractivity contribution is 0.917. The Bertz CT molecular complexity index is 465. The van der Waals surface area contributed by atoms with Crippen LogP contribution in [0, 0.1) is 6.92 Å². The minimum Gasteiger partial charge on any atom is -0.368 e. The first-order chi connectivity index (χ1) is 6.68. The van der Waals surface area contributed by atoms with Gasteiger partial charge in [-0.2, -0.15) is 4.98 Å². The lowest BCUT2D eigenvalue weighted by atomic mass is 10.5. The number of anilines is 1. The van der Waals surface area contributed by atoms with Gasteiger partial charge < -0.3 is 5.73 Å². The Hall–Kier alpha value is -1.43. The van der Waals surface area contributed by atoms with Gasteiger partial charge in [-0.1, -0.05) is 0 Å². The summed E-state index contributed by atoms with van der Waals surface area (Å²) in [4.78, 5) is 12.1. The lowest BCUT2D eigenvalue weighted by Gasteiger charge is -2.05. The molecule has 0 aliphatic carbocycles. The fraction of sp³-hybridized carbons (Fsp3) is 0.125. The van der Waals surface area contributed by atoms with Crippen LogP contribution in [0.25, 0.3) is 5.82 Å². The van der Waals surface area contributed by atoms with E-state index < -0.39 is 0 Å². The number of hydrogen-bond donors (Lipinski definition) is 1. The topological polar surface area (TPSA) is 69.6 Å². The molecular weight excluding hydrogens is 246 g/mol. The highest BCUT2D eigenvalue weighted by Crippen LogP contribution is 2.19. The van der Waals surface area contributed by atoms with Crippen LogP contribution in [-0.2, 0) is 0 Å². The molecule has 0 saturated heterocycles. The van der Waals surface area contributed by atoms with E-state index in [0.717, 1.165) is 10.3 Å². The van der Waals surface area contributed by atoms with E-state index in [9.17, 15) is 0 Å². The smallest absolute Gasteiger partial charge is 0.222 e. The van der Waals surface area contributed by atoms with E-state index in [1.54, 1.807) is 12.4 Å². The summed E-state index contributed by atoms with van der Waals surface area (Å²) in [5.41, 5.74) is 5.51. The number of aromatic nitrogens is 4. The summed E-state index contributed by atoms with van der Waals surface area (Å²) >= 11 is 3.36. The SMILES string of the molecule is Cc1nccn1-c1nc(N)ncc1Br. The predicted molar refractivity (Wildman–Crippen MR) is 56.0 cm³/mol. The number of hydrogen-bond acceptors (Lipinski definition) is 4. The molecule has 2 aromatic rings. The van der Waals surface area contributed by atoms with E-state index >= 15 is 0 Å². The van der Waals surface area contributed by atoms with Crippen LogP contribution in [0.4, 0.5) is 5.95 Å². The Morgan fingerprint density at radius 1 is 1.43 bits per heavy atom. The van der Waals surface area contributed by atoms with E-state index in [-0.39, 0.29) is 5.95 Å². The van der Waals surface area contributed by atoms with E-state index in [1.807, 2.05) is 17.7 Å². The third kappa shape index (κ3) is 1.48. The Kier molecular flexibility index (Phi) is 2.20. The van der Waals surface area contributed by atoms with Crippen molar-refractivity contribution in [3.05, 3.63) is 28.9 Å². The van der Waals surface area contributed by atoms with Crippen LogP contribution in [0.2, 0.25) is 0 Å². The number of rotatable bonds is 1. The van der Waals surface area contributed by atoms with E-state index in [0.29, 0.717) is 5.82 Å². The highest BCUT2D eigenvalue weighted by atomic mass is 79.9. The van der Waals surface area contributed by atoms with Gasteiger partial charge in [0.15, 0.2) is 5.82 Å². The van der Waals surface area contributed by atoms with Crippen molar-refractivity contribution in [2.45, 2.75) is 6.92 Å². The highest BCUT2D eigenvalue weighted by Gasteiger charge is 2.07. The van der Waals surface area contributed by atoms with Crippen LogP contribution in [0.1, 0.15) is 5.82 Å². The summed E-state index contributed by atoms with van der Waals surface area (Å²) in [7, 11) is 0. The second-order valence-corrected chi connectivity index (χ2v) is 3.60. The monoisotopic (exact) mass is 253 g/mol. The van der Waals surface area contributed by atoms with Gasteiger partial charge in [-0.15, -0.1) is 0 Å². The van der Waals surface area contributed by atoms with Gasteiger partial charge in [-0.25, -0.2) is 9.97 Å². The molecule has 2 aromatic heterocycles. The molecule has 2 rings (SSSR count). The van der Waals surface area contributed by atoms with Gasteiger partial charge in [0.05, 0.1) is 4.47 Å². The Balaban J connectivity index is 2.62. The molecule has 14 heavy (non-hydrogen) atoms. The van der Waals surface area contributed by atoms with Gasteiger partial charge in [0.25, 0.3) is 0 Å². The first-order valence-corrected chi connectivity index (χ1v) is 4.76. The second kappa shape index (κ2) is 3.38. The quantitative estimate of drug-likeness (QED) is 0.833. The largest absolute Gasteiger partial charge is 0.368 e. The number of nitrogen functional groups attached to an aromatic ring is 1. The van der Waals surface area contributed by atoms with Crippen molar-refractivity contribution in [1.29, 1.82) is 0 Å². The Morgan fingerprint density at radius 2 is 2.21 bits per heavy atom. The van der Waals surface area contributed by atoms with Crippen LogP contribution in [0.15, 0.2) is 23.1 Å². The summed E-state index contributed by atoms with van der Waals surface area (Å²) in [6, 6.07) is 0. The second-order valence-electron chi connectivity index (χ2n) is 2.74. The molecule has 6 heteroatoms. The van der Waals surface area contributed by atoms with Crippen LogP contribution in [0.3, 0.4) is 0 Å². The molecule has 0 aliphatic rings. The maximum atomic E-state index is 5.51. The fourth-order valence-electron chi connectivity index (χ4n) is 1.14. The van der Waals surface area contributed by atoms with Crippen LogP contribution >= 0.6 is 15.9 Å². The Morgan fingerprint density at radius 3 is 2.86 bits per heavy atom. The van der Waals surface area contributed by atoms with Crippen molar-refractivity contribution in [3.8, 4) is 5.82 Å². The number of imidazole rings is 1. The summed E-state index contributed by atoms with van der Waals surface area (Å²) < 4.78 is 2.62. The molecule has 0 radical (unpaired) electrons. The predicted octanol–water partition coefficient (Wildman–Crippen LogP) is 1.32. The molecule has 72 valence electrons. The van der Waals surface area contributed by atoms with E-state index in [1.165, 1.54) is 0 Å². The Labute approximate surface area is 89.1 Å². The molecule has 0 unspecified atom stereocenters. The lowest BCUT2D eigenvalue weighted by Crippen LogP contribution is -2.04. The van der Waals surface area contributed by atoms with Crippen molar-refractivity contribution >= 4 is 21.9 Å². The zero-order valence-electron chi connectivity index (χ0n) is 7.48. The molecule has 0 saturated carbocycles. The normalized spacial score (nSPS) is 10.4. The van der Waals surface area contributed by atoms with Crippen LogP contribution < -0.4 is 5.73 Å². The van der Waals surface area contributed by atoms with Crippen molar-refractivity contribution in [2.75, 3.05) is 5.73 Å². The summed E-state index contributed by atoms with van der Waals surface area (Å²) in [5, 5.41) is 0. The van der Waals surface area contributed by atoms with Crippen molar-refractivity contribution in [3.63, 3.8) is 0 Å². The van der Waals surface area contributed by atoms with Gasteiger partial charge >= 0.3 is 0 Å². The third-order valence-corrected chi connectivity index (χ3v) is 2.36. The molecule has 0 atom stereocenters. The number of nitrogens with zero attached hydrogens (tertiary/aromatic N) is 4. The minimum atomic E-state index is 0.247. The van der Waals surface area contributed by atoms with Gasteiger partial charge in [0.1, 0.15) is 5.82 Å². The standard InChI is InChI=1S/C8H8BrN5/c1-5-11-2-3-14(5)7-6(9)4-12-8(10)13-7/h2-4H,1H3,(H2,10,12,13). The molecule has 0 fully saturated rings. The molecule has 0 bridgehead atoms. The van der Waals surface area contributed by atoms with E-state index in [4.69, 9.17) is 5.73 Å². The molecule has 5 nitrogen and oxygen atoms in total. The number of halogens is 1. The highest BCUT2D eigenvalue weighted by molar-refractivity contribution is 9.10. The zero-order chi connectivity index (χ0) is 10.1. The summed E-state index contributed by atoms with van der Waals surface area (Å²) in [5.74, 6) is 1.80. The van der Waals surface area contributed by atoms with Gasteiger partial charge in [0.2, 0.25) is 5.95 Å². The van der Waals surface area contributed by atoms with Crippen LogP contribution in [-0.4, -0.2) is 19.5 Å². The molecule has 2 heterocycles. The van der Waals surface area contributed by atoms with Crippen molar-refractivity contribution in [1.82, 2.24) is 19.5 Å². The zero-order valence-corrected chi connectivity index (χ0v) is 9.06. The molecule has 0 amide bonds. The average molecular weight is 254 g/mol. The van der Waals surface area contributed by atoms with Crippen molar-refractivity contribution in [2.24, 2.45) is 0 Å². The fourth-order valence-corrected chi connectivity index (χ4v) is 1.52. The average Bonchev–Trinajstić information content (AvgIpc) is 2.56. The van der Waals surface area contributed by atoms with E-state index in [2.05, 4.69) is 30.9 Å². The first-order valence-electron chi connectivity index (χ1n) is 3.97. The number of nitrogens with two attached hydrogens (primary N) is 1. The molecule has 0 spiro atoms. The van der Waals surface area contributed by atoms with Crippen LogP contribution in [0.5, 0.6) is 0 Å². The molecule has 0 aliphatic heterocycles.